The van der Waals surface area contributed by atoms with E-state index in [0.717, 1.165) is 4.68 Å². The molecule has 0 N–H and O–H groups in total. The van der Waals surface area contributed by atoms with Crippen LogP contribution >= 0.6 is 0 Å². The Morgan fingerprint density at radius 2 is 2.25 bits per heavy atom. The summed E-state index contributed by atoms with van der Waals surface area (Å²) >= 11 is 0. The minimum atomic E-state index is -0.819. The van der Waals surface area contributed by atoms with E-state index in [1.54, 1.807) is 13.8 Å². The van der Waals surface area contributed by atoms with E-state index in [1.807, 2.05) is 0 Å². The fourth-order valence-electron chi connectivity index (χ4n) is 0.677. The zero-order valence-electron chi connectivity index (χ0n) is 7.30. The fraction of sp³-hybridized carbons (Fsp3) is 0.714. The summed E-state index contributed by atoms with van der Waals surface area (Å²) in [4.78, 5) is 10.8. The summed E-state index contributed by atoms with van der Waals surface area (Å²) in [5.41, 5.74) is -0.819. The molecule has 0 aliphatic heterocycles. The van der Waals surface area contributed by atoms with Gasteiger partial charge in [-0.3, -0.25) is 0 Å². The molecule has 0 atom stereocenters. The van der Waals surface area contributed by atoms with Gasteiger partial charge in [-0.1, -0.05) is 0 Å². The highest BCUT2D eigenvalue weighted by atomic mass is 19.1. The van der Waals surface area contributed by atoms with E-state index in [0.29, 0.717) is 0 Å². The lowest BCUT2D eigenvalue weighted by molar-refractivity contribution is 0.283. The van der Waals surface area contributed by atoms with Crippen LogP contribution in [0, 0.1) is 0 Å². The molecule has 0 saturated carbocycles. The van der Waals surface area contributed by atoms with E-state index in [1.165, 1.54) is 7.05 Å². The van der Waals surface area contributed by atoms with E-state index < -0.39 is 17.8 Å². The van der Waals surface area contributed by atoms with Crippen molar-refractivity contribution in [3.63, 3.8) is 0 Å². The van der Waals surface area contributed by atoms with Crippen LogP contribution in [0.1, 0.15) is 19.7 Å². The molecule has 1 aromatic rings. The Morgan fingerprint density at radius 1 is 1.67 bits per heavy atom. The van der Waals surface area contributed by atoms with Crippen molar-refractivity contribution >= 4 is 0 Å². The Balaban J connectivity index is 3.12. The molecule has 0 radical (unpaired) electrons. The van der Waals surface area contributed by atoms with Crippen LogP contribution in [0.25, 0.3) is 0 Å². The molecule has 12 heavy (non-hydrogen) atoms. The number of hydrogen-bond acceptors (Lipinski definition) is 3. The molecule has 1 heterocycles. The molecule has 68 valence electrons. The highest BCUT2D eigenvalue weighted by Crippen LogP contribution is 2.19. The van der Waals surface area contributed by atoms with E-state index in [9.17, 15) is 9.18 Å². The highest BCUT2D eigenvalue weighted by Gasteiger charge is 2.27. The quantitative estimate of drug-likeness (QED) is 0.660. The van der Waals surface area contributed by atoms with Crippen LogP contribution in [0.4, 0.5) is 4.39 Å². The first-order valence-electron chi connectivity index (χ1n) is 3.58. The van der Waals surface area contributed by atoms with Crippen molar-refractivity contribution in [2.45, 2.75) is 19.3 Å². The van der Waals surface area contributed by atoms with Crippen LogP contribution in [0.3, 0.4) is 0 Å². The minimum absolute atomic E-state index is 0.137. The zero-order valence-corrected chi connectivity index (χ0v) is 7.30. The lowest BCUT2D eigenvalue weighted by Crippen LogP contribution is -2.20. The topological polar surface area (TPSA) is 48.0 Å². The van der Waals surface area contributed by atoms with Crippen LogP contribution in [-0.2, 0) is 12.5 Å². The molecule has 5 heteroatoms. The van der Waals surface area contributed by atoms with Crippen LogP contribution in [0.5, 0.6) is 0 Å². The summed E-state index contributed by atoms with van der Waals surface area (Å²) < 4.78 is 18.2. The standard InChI is InChI=1S/C7H11FN2O2/c1-7(2,4-8)5-9-10(3)6(11)12-5/h4H2,1-3H3. The molecule has 0 aliphatic rings. The Bertz CT molecular complexity index is 326. The van der Waals surface area contributed by atoms with Gasteiger partial charge in [-0.25, -0.2) is 9.18 Å². The first-order valence-corrected chi connectivity index (χ1v) is 3.58. The number of alkyl halides is 1. The zero-order chi connectivity index (χ0) is 9.35. The Hall–Kier alpha value is -1.13. The van der Waals surface area contributed by atoms with Gasteiger partial charge in [-0.05, 0) is 13.8 Å². The van der Waals surface area contributed by atoms with Gasteiger partial charge >= 0.3 is 5.76 Å². The van der Waals surface area contributed by atoms with Crippen LogP contribution < -0.4 is 5.76 Å². The molecule has 0 unspecified atom stereocenters. The van der Waals surface area contributed by atoms with E-state index in [2.05, 4.69) is 5.10 Å². The van der Waals surface area contributed by atoms with Crippen molar-refractivity contribution in [2.24, 2.45) is 7.05 Å². The summed E-state index contributed by atoms with van der Waals surface area (Å²) in [5, 5.41) is 3.75. The molecular formula is C7H11FN2O2. The van der Waals surface area contributed by atoms with Crippen LogP contribution in [-0.4, -0.2) is 16.5 Å². The SMILES string of the molecule is Cn1nc(C(C)(C)CF)oc1=O. The highest BCUT2D eigenvalue weighted by molar-refractivity contribution is 4.97. The van der Waals surface area contributed by atoms with Gasteiger partial charge in [0.15, 0.2) is 0 Å². The predicted molar refractivity (Wildman–Crippen MR) is 40.7 cm³/mol. The molecule has 0 fully saturated rings. The molecule has 0 aliphatic carbocycles. The average molecular weight is 174 g/mol. The fourth-order valence-corrected chi connectivity index (χ4v) is 0.677. The molecule has 4 nitrogen and oxygen atoms in total. The second-order valence-electron chi connectivity index (χ2n) is 3.31. The van der Waals surface area contributed by atoms with Crippen LogP contribution in [0.2, 0.25) is 0 Å². The molecule has 0 saturated heterocycles. The third-order valence-electron chi connectivity index (χ3n) is 1.60. The maximum Gasteiger partial charge on any atom is 0.436 e. The maximum atomic E-state index is 12.4. The van der Waals surface area contributed by atoms with Crippen molar-refractivity contribution in [1.82, 2.24) is 9.78 Å². The predicted octanol–water partition coefficient (Wildman–Crippen LogP) is 0.620. The lowest BCUT2D eigenvalue weighted by atomic mass is 9.96. The molecule has 1 aromatic heterocycles. The minimum Gasteiger partial charge on any atom is -0.392 e. The van der Waals surface area contributed by atoms with Crippen molar-refractivity contribution < 1.29 is 8.81 Å². The first kappa shape index (κ1) is 8.96. The van der Waals surface area contributed by atoms with Gasteiger partial charge in [0.2, 0.25) is 5.89 Å². The summed E-state index contributed by atoms with van der Waals surface area (Å²) in [6.07, 6.45) is 0. The second-order valence-corrected chi connectivity index (χ2v) is 3.31. The summed E-state index contributed by atoms with van der Waals surface area (Å²) in [5.74, 6) is -0.427. The number of halogens is 1. The number of aryl methyl sites for hydroxylation is 1. The van der Waals surface area contributed by atoms with Gasteiger partial charge in [0.1, 0.15) is 6.67 Å². The monoisotopic (exact) mass is 174 g/mol. The third kappa shape index (κ3) is 1.39. The van der Waals surface area contributed by atoms with Gasteiger partial charge < -0.3 is 4.42 Å². The molecule has 0 amide bonds. The van der Waals surface area contributed by atoms with E-state index >= 15 is 0 Å². The van der Waals surface area contributed by atoms with Gasteiger partial charge in [0, 0.05) is 7.05 Å². The summed E-state index contributed by atoms with van der Waals surface area (Å²) in [6.45, 7) is 2.64. The van der Waals surface area contributed by atoms with Gasteiger partial charge in [-0.2, -0.15) is 4.68 Å². The number of aromatic nitrogens is 2. The third-order valence-corrected chi connectivity index (χ3v) is 1.60. The number of rotatable bonds is 2. The van der Waals surface area contributed by atoms with Gasteiger partial charge in [0.05, 0.1) is 5.41 Å². The van der Waals surface area contributed by atoms with Gasteiger partial charge in [-0.15, -0.1) is 5.10 Å². The summed E-state index contributed by atoms with van der Waals surface area (Å²) in [6, 6.07) is 0. The molecule has 0 bridgehead atoms. The Kier molecular flexibility index (Phi) is 2.04. The van der Waals surface area contributed by atoms with Crippen molar-refractivity contribution in [2.75, 3.05) is 6.67 Å². The Labute approximate surface area is 69.0 Å². The summed E-state index contributed by atoms with van der Waals surface area (Å²) in [7, 11) is 1.46. The van der Waals surface area contributed by atoms with Crippen molar-refractivity contribution in [3.8, 4) is 0 Å². The average Bonchev–Trinajstić information content (AvgIpc) is 2.33. The van der Waals surface area contributed by atoms with Crippen LogP contribution in [0.15, 0.2) is 9.21 Å². The Morgan fingerprint density at radius 3 is 2.58 bits per heavy atom. The maximum absolute atomic E-state index is 12.4. The number of hydrogen-bond donors (Lipinski definition) is 0. The lowest BCUT2D eigenvalue weighted by Gasteiger charge is -2.13. The molecule has 0 aromatic carbocycles. The number of nitrogens with zero attached hydrogens (tertiary/aromatic N) is 2. The first-order chi connectivity index (χ1) is 5.47. The molecular weight excluding hydrogens is 163 g/mol. The molecule has 0 spiro atoms. The smallest absolute Gasteiger partial charge is 0.392 e. The van der Waals surface area contributed by atoms with Crippen molar-refractivity contribution in [3.05, 3.63) is 16.4 Å². The normalized spacial score (nSPS) is 12.0. The van der Waals surface area contributed by atoms with E-state index in [4.69, 9.17) is 4.42 Å². The molecule has 1 rings (SSSR count). The van der Waals surface area contributed by atoms with Crippen molar-refractivity contribution in [1.29, 1.82) is 0 Å². The second kappa shape index (κ2) is 2.73. The van der Waals surface area contributed by atoms with E-state index in [-0.39, 0.29) is 5.89 Å². The largest absolute Gasteiger partial charge is 0.436 e. The van der Waals surface area contributed by atoms with Gasteiger partial charge in [0.25, 0.3) is 0 Å².